The SMILES string of the molecule is CS(=O)(=O)O.CS(=O)(=O)O.Nc1ccccc1-c1[c-]cccc1.Nc1ccccc1-c1[c-]cccc1.[Pd].[Pd]. The van der Waals surface area contributed by atoms with E-state index in [0.717, 1.165) is 33.6 Å². The number of nitrogens with two attached hydrogens (primary N) is 2. The number of hydrogen-bond donors (Lipinski definition) is 4. The molecule has 0 unspecified atom stereocenters. The first kappa shape index (κ1) is 37.8. The van der Waals surface area contributed by atoms with Crippen LogP contribution < -0.4 is 11.5 Å². The van der Waals surface area contributed by atoms with Crippen LogP contribution in [-0.2, 0) is 61.1 Å². The summed E-state index contributed by atoms with van der Waals surface area (Å²) in [6, 6.07) is 37.6. The molecule has 0 heterocycles. The molecule has 38 heavy (non-hydrogen) atoms. The van der Waals surface area contributed by atoms with Gasteiger partial charge in [-0.1, -0.05) is 47.5 Å². The molecule has 0 bridgehead atoms. The Hall–Kier alpha value is -2.38. The number of hydrogen-bond acceptors (Lipinski definition) is 6. The second-order valence-electron chi connectivity index (χ2n) is 7.19. The molecular formula is C26H28N2O6Pd2S2-2. The van der Waals surface area contributed by atoms with E-state index in [4.69, 9.17) is 20.6 Å². The summed E-state index contributed by atoms with van der Waals surface area (Å²) in [6.45, 7) is 0. The number of benzene rings is 4. The smallest absolute Gasteiger partial charge is 0.261 e. The van der Waals surface area contributed by atoms with Gasteiger partial charge < -0.3 is 11.5 Å². The summed E-state index contributed by atoms with van der Waals surface area (Å²) in [5, 5.41) is 0. The van der Waals surface area contributed by atoms with E-state index >= 15 is 0 Å². The van der Waals surface area contributed by atoms with Gasteiger partial charge in [-0.2, -0.15) is 16.8 Å². The molecule has 0 atom stereocenters. The topological polar surface area (TPSA) is 161 Å². The molecule has 0 amide bonds. The fourth-order valence-corrected chi connectivity index (χ4v) is 2.61. The average Bonchev–Trinajstić information content (AvgIpc) is 2.79. The van der Waals surface area contributed by atoms with Gasteiger partial charge in [0.2, 0.25) is 0 Å². The van der Waals surface area contributed by atoms with E-state index in [1.54, 1.807) is 0 Å². The predicted molar refractivity (Wildman–Crippen MR) is 145 cm³/mol. The van der Waals surface area contributed by atoms with Gasteiger partial charge in [-0.15, -0.1) is 71.8 Å². The van der Waals surface area contributed by atoms with Crippen molar-refractivity contribution in [3.8, 4) is 22.3 Å². The van der Waals surface area contributed by atoms with Crippen LogP contribution in [0.5, 0.6) is 0 Å². The van der Waals surface area contributed by atoms with Crippen molar-refractivity contribution in [1.29, 1.82) is 0 Å². The first-order chi connectivity index (χ1) is 16.8. The Balaban J connectivity index is 0. The molecule has 6 N–H and O–H groups in total. The second-order valence-corrected chi connectivity index (χ2v) is 10.1. The van der Waals surface area contributed by atoms with E-state index in [0.29, 0.717) is 12.5 Å². The van der Waals surface area contributed by atoms with Crippen LogP contribution in [0.2, 0.25) is 0 Å². The molecular weight excluding hydrogens is 713 g/mol. The van der Waals surface area contributed by atoms with E-state index in [1.165, 1.54) is 0 Å². The molecule has 0 saturated heterocycles. The van der Waals surface area contributed by atoms with Gasteiger partial charge in [0.1, 0.15) is 0 Å². The standard InChI is InChI=1S/2C12H10N.2CH4O3S.2Pd/c2*13-12-9-5-4-8-11(12)10-6-2-1-3-7-10;2*1-5(2,3)4;;/h2*1-6,8-9H,13H2;2*1H3,(H,2,3,4);;/q2*-1;;;;. The molecule has 0 aromatic heterocycles. The third-order valence-corrected chi connectivity index (χ3v) is 3.92. The number of anilines is 2. The number of nitrogen functional groups attached to an aromatic ring is 2. The summed E-state index contributed by atoms with van der Waals surface area (Å²) >= 11 is 0. The molecule has 12 heteroatoms. The third kappa shape index (κ3) is 18.8. The summed E-state index contributed by atoms with van der Waals surface area (Å²) < 4.78 is 51.7. The van der Waals surface area contributed by atoms with Gasteiger partial charge >= 0.3 is 0 Å². The summed E-state index contributed by atoms with van der Waals surface area (Å²) in [6.07, 6.45) is 1.43. The van der Waals surface area contributed by atoms with Crippen LogP contribution in [-0.4, -0.2) is 38.5 Å². The Bertz CT molecular complexity index is 1300. The van der Waals surface area contributed by atoms with Crippen molar-refractivity contribution in [3.63, 3.8) is 0 Å². The zero-order valence-corrected chi connectivity index (χ0v) is 25.1. The van der Waals surface area contributed by atoms with Crippen LogP contribution in [0.25, 0.3) is 22.3 Å². The molecule has 4 aromatic carbocycles. The Morgan fingerprint density at radius 3 is 1.05 bits per heavy atom. The monoisotopic (exact) mass is 740 g/mol. The summed E-state index contributed by atoms with van der Waals surface area (Å²) in [5.74, 6) is 0. The Morgan fingerprint density at radius 2 is 0.816 bits per heavy atom. The van der Waals surface area contributed by atoms with Crippen molar-refractivity contribution in [2.75, 3.05) is 24.0 Å². The van der Waals surface area contributed by atoms with Crippen LogP contribution in [0.15, 0.2) is 97.1 Å². The molecule has 4 rings (SSSR count). The normalized spacial score (nSPS) is 9.79. The molecule has 0 aliphatic rings. The first-order valence-corrected chi connectivity index (χ1v) is 13.9. The van der Waals surface area contributed by atoms with Gasteiger partial charge in [-0.3, -0.25) is 9.11 Å². The van der Waals surface area contributed by atoms with Crippen LogP contribution in [0.1, 0.15) is 0 Å². The molecule has 0 saturated carbocycles. The van der Waals surface area contributed by atoms with Crippen LogP contribution in [0.4, 0.5) is 11.4 Å². The van der Waals surface area contributed by atoms with E-state index in [1.807, 2.05) is 97.1 Å². The van der Waals surface area contributed by atoms with Crippen molar-refractivity contribution < 1.29 is 66.8 Å². The average molecular weight is 741 g/mol. The number of para-hydroxylation sites is 2. The summed E-state index contributed by atoms with van der Waals surface area (Å²) in [7, 11) is -7.33. The molecule has 0 spiro atoms. The van der Waals surface area contributed by atoms with Crippen molar-refractivity contribution in [3.05, 3.63) is 109 Å². The van der Waals surface area contributed by atoms with Gasteiger partial charge in [0.25, 0.3) is 20.2 Å². The van der Waals surface area contributed by atoms with Crippen molar-refractivity contribution in [1.82, 2.24) is 0 Å². The van der Waals surface area contributed by atoms with E-state index in [-0.39, 0.29) is 40.8 Å². The quantitative estimate of drug-likeness (QED) is 0.101. The molecule has 4 aromatic rings. The maximum Gasteiger partial charge on any atom is 0.261 e. The largest absolute Gasteiger partial charge is 0.406 e. The fraction of sp³-hybridized carbons (Fsp3) is 0.0769. The first-order valence-electron chi connectivity index (χ1n) is 10.2. The fourth-order valence-electron chi connectivity index (χ4n) is 2.61. The third-order valence-electron chi connectivity index (χ3n) is 3.92. The van der Waals surface area contributed by atoms with Crippen molar-refractivity contribution >= 4 is 31.6 Å². The minimum absolute atomic E-state index is 0. The van der Waals surface area contributed by atoms with Gasteiger partial charge in [-0.05, 0) is 23.5 Å². The maximum absolute atomic E-state index is 9.19. The minimum Gasteiger partial charge on any atom is -0.406 e. The number of rotatable bonds is 2. The van der Waals surface area contributed by atoms with Gasteiger partial charge in [0, 0.05) is 40.8 Å². The predicted octanol–water partition coefficient (Wildman–Crippen LogP) is 4.47. The van der Waals surface area contributed by atoms with E-state index in [2.05, 4.69) is 12.1 Å². The van der Waals surface area contributed by atoms with Gasteiger partial charge in [0.05, 0.1) is 12.5 Å². The van der Waals surface area contributed by atoms with Crippen LogP contribution >= 0.6 is 0 Å². The second kappa shape index (κ2) is 18.8. The molecule has 0 aliphatic carbocycles. The van der Waals surface area contributed by atoms with Gasteiger partial charge in [-0.25, -0.2) is 0 Å². The van der Waals surface area contributed by atoms with Crippen LogP contribution in [0.3, 0.4) is 0 Å². The van der Waals surface area contributed by atoms with Crippen molar-refractivity contribution in [2.24, 2.45) is 0 Å². The zero-order valence-electron chi connectivity index (χ0n) is 20.4. The molecule has 0 radical (unpaired) electrons. The van der Waals surface area contributed by atoms with Crippen LogP contribution in [0, 0.1) is 12.1 Å². The van der Waals surface area contributed by atoms with Gasteiger partial charge in [0.15, 0.2) is 0 Å². The van der Waals surface area contributed by atoms with E-state index in [9.17, 15) is 16.8 Å². The Kier molecular flexibility index (Phi) is 18.7. The molecule has 8 nitrogen and oxygen atoms in total. The van der Waals surface area contributed by atoms with E-state index < -0.39 is 20.2 Å². The Morgan fingerprint density at radius 1 is 0.553 bits per heavy atom. The maximum atomic E-state index is 9.19. The molecule has 0 aliphatic heterocycles. The molecule has 212 valence electrons. The minimum atomic E-state index is -3.67. The summed E-state index contributed by atoms with van der Waals surface area (Å²) in [5.41, 5.74) is 17.4. The van der Waals surface area contributed by atoms with Crippen molar-refractivity contribution in [2.45, 2.75) is 0 Å². The molecule has 0 fully saturated rings. The Labute approximate surface area is 252 Å². The summed E-state index contributed by atoms with van der Waals surface area (Å²) in [4.78, 5) is 0. The zero-order chi connectivity index (χ0) is 27.2.